The van der Waals surface area contributed by atoms with Crippen molar-refractivity contribution in [1.82, 2.24) is 0 Å². The predicted octanol–water partition coefficient (Wildman–Crippen LogP) is 3.24. The fourth-order valence-corrected chi connectivity index (χ4v) is 2.02. The molecule has 0 fully saturated rings. The van der Waals surface area contributed by atoms with Gasteiger partial charge in [-0.05, 0) is 32.6 Å². The molecule has 0 bridgehead atoms. The number of hydrogen-bond donors (Lipinski definition) is 2. The van der Waals surface area contributed by atoms with E-state index in [2.05, 4.69) is 13.8 Å². The molecule has 0 heterocycles. The van der Waals surface area contributed by atoms with Crippen LogP contribution in [-0.2, 0) is 4.74 Å². The van der Waals surface area contributed by atoms with Gasteiger partial charge in [-0.25, -0.2) is 0 Å². The van der Waals surface area contributed by atoms with Crippen LogP contribution in [0.1, 0.15) is 72.1 Å². The van der Waals surface area contributed by atoms with E-state index >= 15 is 0 Å². The van der Waals surface area contributed by atoms with Crippen LogP contribution in [0.3, 0.4) is 0 Å². The Morgan fingerprint density at radius 3 is 2.44 bits per heavy atom. The summed E-state index contributed by atoms with van der Waals surface area (Å²) >= 11 is 0. The molecule has 0 aromatic rings. The van der Waals surface area contributed by atoms with E-state index in [1.807, 2.05) is 6.92 Å². The average Bonchev–Trinajstić information content (AvgIpc) is 2.39. The van der Waals surface area contributed by atoms with Crippen LogP contribution in [0.25, 0.3) is 0 Å². The number of rotatable bonds is 12. The highest BCUT2D eigenvalue weighted by Crippen LogP contribution is 2.14. The minimum absolute atomic E-state index is 0.0655. The second kappa shape index (κ2) is 10.8. The highest BCUT2D eigenvalue weighted by atomic mass is 16.5. The molecule has 0 aromatic carbocycles. The van der Waals surface area contributed by atoms with Crippen LogP contribution < -0.4 is 5.73 Å². The summed E-state index contributed by atoms with van der Waals surface area (Å²) in [6.07, 6.45) is 9.29. The zero-order chi connectivity index (χ0) is 13.9. The van der Waals surface area contributed by atoms with Gasteiger partial charge in [0.1, 0.15) is 0 Å². The summed E-state index contributed by atoms with van der Waals surface area (Å²) in [5.41, 5.74) is 5.61. The van der Waals surface area contributed by atoms with Gasteiger partial charge in [-0.1, -0.05) is 39.5 Å². The first-order chi connectivity index (χ1) is 8.58. The standard InChI is InChI=1S/C15H33NO2/c1-4-6-7-8-10-14(3)18-12-9-11-15(16,5-2)13-17/h14,17H,4-13,16H2,1-3H3. The zero-order valence-corrected chi connectivity index (χ0v) is 12.6. The Kier molecular flexibility index (Phi) is 10.7. The molecule has 3 N–H and O–H groups in total. The molecule has 2 atom stereocenters. The van der Waals surface area contributed by atoms with E-state index in [9.17, 15) is 5.11 Å². The molecule has 0 radical (unpaired) electrons. The van der Waals surface area contributed by atoms with Crippen LogP contribution in [-0.4, -0.2) is 30.0 Å². The van der Waals surface area contributed by atoms with Crippen molar-refractivity contribution in [3.63, 3.8) is 0 Å². The fourth-order valence-electron chi connectivity index (χ4n) is 2.02. The molecular formula is C15H33NO2. The molecule has 0 aromatic heterocycles. The van der Waals surface area contributed by atoms with Crippen molar-refractivity contribution in [2.75, 3.05) is 13.2 Å². The molecular weight excluding hydrogens is 226 g/mol. The maximum atomic E-state index is 9.19. The molecule has 2 unspecified atom stereocenters. The number of aliphatic hydroxyl groups excluding tert-OH is 1. The minimum Gasteiger partial charge on any atom is -0.394 e. The van der Waals surface area contributed by atoms with E-state index in [1.54, 1.807) is 0 Å². The number of unbranched alkanes of at least 4 members (excludes halogenated alkanes) is 3. The van der Waals surface area contributed by atoms with Gasteiger partial charge in [0.25, 0.3) is 0 Å². The Hall–Kier alpha value is -0.120. The second-order valence-electron chi connectivity index (χ2n) is 5.51. The third kappa shape index (κ3) is 8.90. The Morgan fingerprint density at radius 2 is 1.89 bits per heavy atom. The topological polar surface area (TPSA) is 55.5 Å². The van der Waals surface area contributed by atoms with E-state index in [0.717, 1.165) is 32.3 Å². The van der Waals surface area contributed by atoms with Crippen molar-refractivity contribution < 1.29 is 9.84 Å². The lowest BCUT2D eigenvalue weighted by Gasteiger charge is -2.25. The Balaban J connectivity index is 3.47. The van der Waals surface area contributed by atoms with Gasteiger partial charge in [-0.15, -0.1) is 0 Å². The lowest BCUT2D eigenvalue weighted by Crippen LogP contribution is -2.43. The van der Waals surface area contributed by atoms with Crippen LogP contribution in [0.2, 0.25) is 0 Å². The van der Waals surface area contributed by atoms with Gasteiger partial charge < -0.3 is 15.6 Å². The lowest BCUT2D eigenvalue weighted by molar-refractivity contribution is 0.0503. The SMILES string of the molecule is CCCCCCC(C)OCCCC(N)(CC)CO. The molecule has 3 heteroatoms. The van der Waals surface area contributed by atoms with Crippen molar-refractivity contribution in [3.05, 3.63) is 0 Å². The predicted molar refractivity (Wildman–Crippen MR) is 77.7 cm³/mol. The molecule has 0 saturated heterocycles. The maximum Gasteiger partial charge on any atom is 0.0611 e. The number of ether oxygens (including phenoxy) is 1. The third-order valence-corrected chi connectivity index (χ3v) is 3.70. The van der Waals surface area contributed by atoms with Crippen LogP contribution in [0, 0.1) is 0 Å². The number of aliphatic hydroxyl groups is 1. The summed E-state index contributed by atoms with van der Waals surface area (Å²) in [5.74, 6) is 0. The summed E-state index contributed by atoms with van der Waals surface area (Å²) in [5, 5.41) is 9.19. The summed E-state index contributed by atoms with van der Waals surface area (Å²) in [6, 6.07) is 0. The normalized spacial score (nSPS) is 16.5. The molecule has 0 spiro atoms. The molecule has 0 saturated carbocycles. The average molecular weight is 259 g/mol. The Labute approximate surface area is 113 Å². The summed E-state index contributed by atoms with van der Waals surface area (Å²) in [6.45, 7) is 7.22. The van der Waals surface area contributed by atoms with Crippen LogP contribution >= 0.6 is 0 Å². The van der Waals surface area contributed by atoms with Gasteiger partial charge in [0.15, 0.2) is 0 Å². The third-order valence-electron chi connectivity index (χ3n) is 3.70. The quantitative estimate of drug-likeness (QED) is 0.529. The first-order valence-electron chi connectivity index (χ1n) is 7.59. The number of hydrogen-bond acceptors (Lipinski definition) is 3. The lowest BCUT2D eigenvalue weighted by atomic mass is 9.93. The van der Waals surface area contributed by atoms with E-state index in [1.165, 1.54) is 25.7 Å². The van der Waals surface area contributed by atoms with Crippen molar-refractivity contribution >= 4 is 0 Å². The fraction of sp³-hybridized carbons (Fsp3) is 1.00. The second-order valence-corrected chi connectivity index (χ2v) is 5.51. The van der Waals surface area contributed by atoms with Gasteiger partial charge in [-0.3, -0.25) is 0 Å². The summed E-state index contributed by atoms with van der Waals surface area (Å²) in [7, 11) is 0. The van der Waals surface area contributed by atoms with Gasteiger partial charge in [0, 0.05) is 12.1 Å². The van der Waals surface area contributed by atoms with Crippen LogP contribution in [0.15, 0.2) is 0 Å². The molecule has 3 nitrogen and oxygen atoms in total. The van der Waals surface area contributed by atoms with E-state index < -0.39 is 5.54 Å². The maximum absolute atomic E-state index is 9.19. The number of nitrogens with two attached hydrogens (primary N) is 1. The highest BCUT2D eigenvalue weighted by Gasteiger charge is 2.20. The molecule has 0 rings (SSSR count). The summed E-state index contributed by atoms with van der Waals surface area (Å²) in [4.78, 5) is 0. The van der Waals surface area contributed by atoms with E-state index in [4.69, 9.17) is 10.5 Å². The van der Waals surface area contributed by atoms with Crippen LogP contribution in [0.5, 0.6) is 0 Å². The van der Waals surface area contributed by atoms with Gasteiger partial charge in [0.05, 0.1) is 12.7 Å². The zero-order valence-electron chi connectivity index (χ0n) is 12.6. The smallest absolute Gasteiger partial charge is 0.0611 e. The van der Waals surface area contributed by atoms with E-state index in [-0.39, 0.29) is 6.61 Å². The van der Waals surface area contributed by atoms with E-state index in [0.29, 0.717) is 6.10 Å². The van der Waals surface area contributed by atoms with Crippen molar-refractivity contribution in [2.24, 2.45) is 5.73 Å². The first-order valence-corrected chi connectivity index (χ1v) is 7.59. The van der Waals surface area contributed by atoms with Gasteiger partial charge in [0.2, 0.25) is 0 Å². The van der Waals surface area contributed by atoms with Crippen molar-refractivity contribution in [1.29, 1.82) is 0 Å². The molecule has 0 aliphatic carbocycles. The van der Waals surface area contributed by atoms with Gasteiger partial charge in [-0.2, -0.15) is 0 Å². The van der Waals surface area contributed by atoms with Crippen molar-refractivity contribution in [3.8, 4) is 0 Å². The molecule has 0 aliphatic rings. The molecule has 110 valence electrons. The van der Waals surface area contributed by atoms with Gasteiger partial charge >= 0.3 is 0 Å². The van der Waals surface area contributed by atoms with Crippen LogP contribution in [0.4, 0.5) is 0 Å². The molecule has 0 aliphatic heterocycles. The largest absolute Gasteiger partial charge is 0.394 e. The molecule has 18 heavy (non-hydrogen) atoms. The Morgan fingerprint density at radius 1 is 1.17 bits per heavy atom. The molecule has 0 amide bonds. The summed E-state index contributed by atoms with van der Waals surface area (Å²) < 4.78 is 5.77. The highest BCUT2D eigenvalue weighted by molar-refractivity contribution is 4.81. The first kappa shape index (κ1) is 17.9. The van der Waals surface area contributed by atoms with Crippen molar-refractivity contribution in [2.45, 2.75) is 83.8 Å². The minimum atomic E-state index is -0.409. The monoisotopic (exact) mass is 259 g/mol. The Bertz CT molecular complexity index is 181.